The van der Waals surface area contributed by atoms with Crippen LogP contribution in [-0.4, -0.2) is 97.1 Å². The number of aromatic hydroxyl groups is 1. The molecule has 0 aliphatic carbocycles. The summed E-state index contributed by atoms with van der Waals surface area (Å²) < 4.78 is 11.2. The molecule has 2 aromatic rings. The average molecular weight is 567 g/mol. The number of hydrogen-bond donors (Lipinski definition) is 3. The zero-order chi connectivity index (χ0) is 29.4. The van der Waals surface area contributed by atoms with E-state index in [4.69, 9.17) is 9.47 Å². The summed E-state index contributed by atoms with van der Waals surface area (Å²) >= 11 is 0. The van der Waals surface area contributed by atoms with Crippen LogP contribution in [0, 0.1) is 0 Å². The number of nitrogens with zero attached hydrogens (tertiary/aromatic N) is 2. The van der Waals surface area contributed by atoms with Gasteiger partial charge in [-0.3, -0.25) is 19.2 Å². The Kier molecular flexibility index (Phi) is 10.2. The van der Waals surface area contributed by atoms with Crippen LogP contribution in [0.5, 0.6) is 11.5 Å². The van der Waals surface area contributed by atoms with E-state index in [1.54, 1.807) is 55.5 Å². The molecule has 0 spiro atoms. The van der Waals surface area contributed by atoms with Gasteiger partial charge in [0.05, 0.1) is 24.8 Å². The Labute approximate surface area is 239 Å². The van der Waals surface area contributed by atoms with Crippen molar-refractivity contribution in [2.45, 2.75) is 50.2 Å². The molecule has 3 atom stereocenters. The number of phenolic OH excluding ortho intramolecular Hbond substituents is 1. The average Bonchev–Trinajstić information content (AvgIpc) is 3.43. The Morgan fingerprint density at radius 3 is 2.56 bits per heavy atom. The first-order valence-corrected chi connectivity index (χ1v) is 13.9. The molecule has 11 nitrogen and oxygen atoms in total. The normalized spacial score (nSPS) is 22.6. The first-order valence-electron chi connectivity index (χ1n) is 13.9. The highest BCUT2D eigenvalue weighted by atomic mass is 16.5. The van der Waals surface area contributed by atoms with Crippen molar-refractivity contribution in [3.05, 3.63) is 59.7 Å². The molecule has 11 heteroatoms. The second-order valence-corrected chi connectivity index (χ2v) is 10.4. The highest BCUT2D eigenvalue weighted by Crippen LogP contribution is 2.22. The topological polar surface area (TPSA) is 138 Å². The zero-order valence-electron chi connectivity index (χ0n) is 23.5. The Morgan fingerprint density at radius 2 is 1.80 bits per heavy atom. The van der Waals surface area contributed by atoms with Crippen LogP contribution in [-0.2, 0) is 25.5 Å². The van der Waals surface area contributed by atoms with E-state index < -0.39 is 23.9 Å². The van der Waals surface area contributed by atoms with E-state index in [0.29, 0.717) is 18.9 Å². The molecule has 0 aromatic heterocycles. The van der Waals surface area contributed by atoms with Crippen LogP contribution in [0.4, 0.5) is 0 Å². The van der Waals surface area contributed by atoms with E-state index in [2.05, 4.69) is 10.6 Å². The molecule has 3 N–H and O–H groups in total. The maximum absolute atomic E-state index is 13.7. The molecule has 0 radical (unpaired) electrons. The molecule has 220 valence electrons. The number of ether oxygens (including phenoxy) is 2. The lowest BCUT2D eigenvalue weighted by Gasteiger charge is -2.29. The fraction of sp³-hybridized carbons (Fsp3) is 0.467. The molecule has 0 unspecified atom stereocenters. The smallest absolute Gasteiger partial charge is 0.255 e. The molecular formula is C30H38N4O7. The lowest BCUT2D eigenvalue weighted by molar-refractivity contribution is -0.137. The molecule has 41 heavy (non-hydrogen) atoms. The molecule has 0 bridgehead atoms. The third kappa shape index (κ3) is 7.75. The Balaban J connectivity index is 1.60. The van der Waals surface area contributed by atoms with E-state index in [1.807, 2.05) is 0 Å². The van der Waals surface area contributed by atoms with Gasteiger partial charge in [0.1, 0.15) is 30.2 Å². The maximum Gasteiger partial charge on any atom is 0.255 e. The van der Waals surface area contributed by atoms with Gasteiger partial charge in [-0.2, -0.15) is 0 Å². The van der Waals surface area contributed by atoms with Crippen LogP contribution >= 0.6 is 0 Å². The van der Waals surface area contributed by atoms with E-state index >= 15 is 0 Å². The number of para-hydroxylation sites is 1. The first kappa shape index (κ1) is 29.9. The van der Waals surface area contributed by atoms with Gasteiger partial charge in [-0.05, 0) is 49.1 Å². The molecule has 1 fully saturated rings. The summed E-state index contributed by atoms with van der Waals surface area (Å²) in [5.74, 6) is -1.04. The van der Waals surface area contributed by atoms with Gasteiger partial charge in [-0.15, -0.1) is 0 Å². The second-order valence-electron chi connectivity index (χ2n) is 10.4. The van der Waals surface area contributed by atoms with Crippen molar-refractivity contribution in [1.82, 2.24) is 20.4 Å². The Bertz CT molecular complexity index is 1240. The van der Waals surface area contributed by atoms with Gasteiger partial charge in [0.15, 0.2) is 0 Å². The van der Waals surface area contributed by atoms with Gasteiger partial charge < -0.3 is 35.0 Å². The number of amides is 4. The van der Waals surface area contributed by atoms with Crippen LogP contribution in [0.1, 0.15) is 41.6 Å². The monoisotopic (exact) mass is 566 g/mol. The maximum atomic E-state index is 13.7. The predicted molar refractivity (Wildman–Crippen MR) is 150 cm³/mol. The van der Waals surface area contributed by atoms with Gasteiger partial charge in [-0.1, -0.05) is 24.3 Å². The number of methoxy groups -OCH3 is 1. The third-order valence-electron chi connectivity index (χ3n) is 7.48. The first-order chi connectivity index (χ1) is 19.8. The predicted octanol–water partition coefficient (Wildman–Crippen LogP) is 1.49. The van der Waals surface area contributed by atoms with Crippen molar-refractivity contribution < 1.29 is 33.8 Å². The quantitative estimate of drug-likeness (QED) is 0.499. The molecule has 4 rings (SSSR count). The van der Waals surface area contributed by atoms with Gasteiger partial charge in [0.25, 0.3) is 5.91 Å². The number of hydrogen-bond acceptors (Lipinski definition) is 7. The molecular weight excluding hydrogens is 528 g/mol. The third-order valence-corrected chi connectivity index (χ3v) is 7.48. The number of nitrogens with one attached hydrogen (secondary N) is 2. The lowest BCUT2D eigenvalue weighted by atomic mass is 10.0. The van der Waals surface area contributed by atoms with Gasteiger partial charge in [0.2, 0.25) is 17.7 Å². The Morgan fingerprint density at radius 1 is 1.05 bits per heavy atom. The van der Waals surface area contributed by atoms with Gasteiger partial charge in [-0.25, -0.2) is 0 Å². The molecule has 4 amide bonds. The summed E-state index contributed by atoms with van der Waals surface area (Å²) in [6.07, 6.45) is 1.80. The molecule has 1 saturated heterocycles. The highest BCUT2D eigenvalue weighted by Gasteiger charge is 2.35. The fourth-order valence-electron chi connectivity index (χ4n) is 5.24. The molecule has 2 aromatic carbocycles. The standard InChI is InChI=1S/C30H38N4O7/c1-33-16-17-41-26-8-4-3-7-23(26)28(37)32-24(30(39)34-15-5-6-21(34)19-40-2)13-14-27(36)31-25(29(33)38)18-20-9-11-22(35)12-10-20/h3-4,7-12,21,24-25,35H,5-6,13-19H2,1-2H3,(H,31,36)(H,32,37)/t21-,24-,25-/m0/s1. The van der Waals surface area contributed by atoms with Crippen molar-refractivity contribution in [3.63, 3.8) is 0 Å². The van der Waals surface area contributed by atoms with E-state index in [9.17, 15) is 24.3 Å². The van der Waals surface area contributed by atoms with Crippen molar-refractivity contribution in [2.75, 3.05) is 40.5 Å². The van der Waals surface area contributed by atoms with Crippen LogP contribution in [0.25, 0.3) is 0 Å². The number of carbonyl (C=O) groups excluding carboxylic acids is 4. The van der Waals surface area contributed by atoms with Crippen LogP contribution < -0.4 is 15.4 Å². The van der Waals surface area contributed by atoms with Crippen molar-refractivity contribution in [3.8, 4) is 11.5 Å². The molecule has 2 aliphatic rings. The van der Waals surface area contributed by atoms with Crippen LogP contribution in [0.2, 0.25) is 0 Å². The van der Waals surface area contributed by atoms with Gasteiger partial charge >= 0.3 is 0 Å². The molecule has 0 saturated carbocycles. The van der Waals surface area contributed by atoms with E-state index in [-0.39, 0.29) is 61.6 Å². The highest BCUT2D eigenvalue weighted by molar-refractivity contribution is 6.00. The SMILES string of the molecule is COC[C@@H]1CCCN1C(=O)[C@@H]1CCC(=O)N[C@@H](Cc2ccc(O)cc2)C(=O)N(C)CCOc2ccccc2C(=O)N1. The number of likely N-dealkylation sites (N-methyl/N-ethyl adjacent to an activating group) is 1. The summed E-state index contributed by atoms with van der Waals surface area (Å²) in [6.45, 7) is 1.26. The number of carbonyl (C=O) groups is 4. The largest absolute Gasteiger partial charge is 0.508 e. The number of fused-ring (bicyclic) bond motifs is 1. The Hall–Kier alpha value is -4.12. The zero-order valence-corrected chi connectivity index (χ0v) is 23.5. The van der Waals surface area contributed by atoms with Crippen LogP contribution in [0.3, 0.4) is 0 Å². The summed E-state index contributed by atoms with van der Waals surface area (Å²) in [7, 11) is 3.21. The molecule has 2 heterocycles. The minimum atomic E-state index is -0.960. The minimum absolute atomic E-state index is 0.0472. The summed E-state index contributed by atoms with van der Waals surface area (Å²) in [4.78, 5) is 56.8. The fourth-order valence-corrected chi connectivity index (χ4v) is 5.24. The number of benzene rings is 2. The van der Waals surface area contributed by atoms with Crippen molar-refractivity contribution in [2.24, 2.45) is 0 Å². The second kappa shape index (κ2) is 14.0. The molecule has 2 aliphatic heterocycles. The number of rotatable bonds is 5. The minimum Gasteiger partial charge on any atom is -0.508 e. The van der Waals surface area contributed by atoms with Crippen molar-refractivity contribution >= 4 is 23.6 Å². The van der Waals surface area contributed by atoms with Crippen LogP contribution in [0.15, 0.2) is 48.5 Å². The lowest BCUT2D eigenvalue weighted by Crippen LogP contribution is -2.52. The summed E-state index contributed by atoms with van der Waals surface area (Å²) in [5.41, 5.74) is 1.02. The van der Waals surface area contributed by atoms with E-state index in [1.165, 1.54) is 17.0 Å². The number of likely N-dealkylation sites (tertiary alicyclic amines) is 1. The van der Waals surface area contributed by atoms with Crippen molar-refractivity contribution in [1.29, 1.82) is 0 Å². The summed E-state index contributed by atoms with van der Waals surface area (Å²) in [6, 6.07) is 11.2. The van der Waals surface area contributed by atoms with Gasteiger partial charge in [0, 0.05) is 33.5 Å². The number of phenols is 1. The summed E-state index contributed by atoms with van der Waals surface area (Å²) in [5, 5.41) is 15.3. The van der Waals surface area contributed by atoms with E-state index in [0.717, 1.165) is 18.4 Å².